The zero-order chi connectivity index (χ0) is 11.7. The van der Waals surface area contributed by atoms with Crippen LogP contribution in [0.5, 0.6) is 11.5 Å². The Morgan fingerprint density at radius 1 is 1.56 bits per heavy atom. The minimum atomic E-state index is -0.352. The zero-order valence-electron chi connectivity index (χ0n) is 9.50. The van der Waals surface area contributed by atoms with E-state index in [0.29, 0.717) is 12.4 Å². The molecule has 0 aliphatic carbocycles. The quantitative estimate of drug-likeness (QED) is 0.833. The highest BCUT2D eigenvalue weighted by Crippen LogP contribution is 2.33. The lowest BCUT2D eigenvalue weighted by Gasteiger charge is -2.28. The fourth-order valence-electron chi connectivity index (χ4n) is 1.90. The van der Waals surface area contributed by atoms with Gasteiger partial charge in [-0.1, -0.05) is 0 Å². The minimum Gasteiger partial charge on any atom is -0.494 e. The van der Waals surface area contributed by atoms with Crippen LogP contribution in [0.3, 0.4) is 0 Å². The summed E-state index contributed by atoms with van der Waals surface area (Å²) in [6.07, 6.45) is 0.758. The third-order valence-corrected chi connectivity index (χ3v) is 3.01. The zero-order valence-corrected chi connectivity index (χ0v) is 9.50. The lowest BCUT2D eigenvalue weighted by Crippen LogP contribution is -2.35. The second kappa shape index (κ2) is 4.29. The second-order valence-electron chi connectivity index (χ2n) is 4.23. The Kier molecular flexibility index (Phi) is 3.01. The molecule has 1 aliphatic rings. The molecule has 1 heterocycles. The highest BCUT2D eigenvalue weighted by atomic mass is 19.1. The number of fused-ring (bicyclic) bond motifs is 1. The summed E-state index contributed by atoms with van der Waals surface area (Å²) in [6, 6.07) is 3.13. The molecule has 0 spiro atoms. The summed E-state index contributed by atoms with van der Waals surface area (Å²) in [4.78, 5) is 0. The van der Waals surface area contributed by atoms with E-state index in [2.05, 4.69) is 0 Å². The Balaban J connectivity index is 2.29. The average molecular weight is 225 g/mol. The highest BCUT2D eigenvalue weighted by molar-refractivity contribution is 5.43. The summed E-state index contributed by atoms with van der Waals surface area (Å²) in [5, 5.41) is 0. The van der Waals surface area contributed by atoms with Gasteiger partial charge in [-0.15, -0.1) is 0 Å². The van der Waals surface area contributed by atoms with Crippen LogP contribution in [-0.4, -0.2) is 19.8 Å². The molecule has 0 saturated carbocycles. The van der Waals surface area contributed by atoms with E-state index in [-0.39, 0.29) is 23.5 Å². The maximum atomic E-state index is 13.5. The van der Waals surface area contributed by atoms with Crippen molar-refractivity contribution in [1.29, 1.82) is 0 Å². The Labute approximate surface area is 94.3 Å². The second-order valence-corrected chi connectivity index (χ2v) is 4.23. The molecule has 4 heteroatoms. The number of nitrogens with two attached hydrogens (primary N) is 1. The van der Waals surface area contributed by atoms with Crippen molar-refractivity contribution in [2.24, 2.45) is 11.7 Å². The molecule has 2 atom stereocenters. The van der Waals surface area contributed by atoms with Crippen molar-refractivity contribution in [2.75, 3.05) is 13.7 Å². The van der Waals surface area contributed by atoms with Gasteiger partial charge in [-0.3, -0.25) is 0 Å². The minimum absolute atomic E-state index is 0.0540. The van der Waals surface area contributed by atoms with Crippen molar-refractivity contribution in [2.45, 2.75) is 19.4 Å². The number of rotatable bonds is 2. The molecule has 1 aliphatic heterocycles. The highest BCUT2D eigenvalue weighted by Gasteiger charge is 2.24. The Morgan fingerprint density at radius 2 is 2.31 bits per heavy atom. The van der Waals surface area contributed by atoms with Crippen molar-refractivity contribution in [1.82, 2.24) is 0 Å². The molecule has 0 radical (unpaired) electrons. The lowest BCUT2D eigenvalue weighted by molar-refractivity contribution is 0.202. The van der Waals surface area contributed by atoms with E-state index in [1.807, 2.05) is 6.92 Å². The van der Waals surface area contributed by atoms with Crippen LogP contribution in [0.25, 0.3) is 0 Å². The first kappa shape index (κ1) is 11.2. The van der Waals surface area contributed by atoms with Crippen LogP contribution in [0.1, 0.15) is 12.5 Å². The van der Waals surface area contributed by atoms with E-state index in [1.165, 1.54) is 13.2 Å². The van der Waals surface area contributed by atoms with E-state index in [1.54, 1.807) is 6.07 Å². The summed E-state index contributed by atoms with van der Waals surface area (Å²) in [6.45, 7) is 2.53. The van der Waals surface area contributed by atoms with E-state index >= 15 is 0 Å². The molecular weight excluding hydrogens is 209 g/mol. The van der Waals surface area contributed by atoms with Crippen LogP contribution in [0.2, 0.25) is 0 Å². The summed E-state index contributed by atoms with van der Waals surface area (Å²) in [5.74, 6) is 0.823. The first-order chi connectivity index (χ1) is 7.61. The molecule has 0 aromatic heterocycles. The van der Waals surface area contributed by atoms with Gasteiger partial charge < -0.3 is 15.2 Å². The number of ether oxygens (including phenoxy) is 2. The molecule has 2 unspecified atom stereocenters. The number of hydrogen-bond acceptors (Lipinski definition) is 3. The van der Waals surface area contributed by atoms with Gasteiger partial charge in [0.2, 0.25) is 0 Å². The molecule has 1 aromatic carbocycles. The first-order valence-electron chi connectivity index (χ1n) is 5.36. The maximum absolute atomic E-state index is 13.5. The third-order valence-electron chi connectivity index (χ3n) is 3.01. The van der Waals surface area contributed by atoms with Crippen molar-refractivity contribution in [3.05, 3.63) is 23.5 Å². The van der Waals surface area contributed by atoms with Gasteiger partial charge in [0.1, 0.15) is 5.75 Å². The largest absolute Gasteiger partial charge is 0.494 e. The fraction of sp³-hybridized carbons (Fsp3) is 0.500. The van der Waals surface area contributed by atoms with E-state index in [0.717, 1.165) is 12.0 Å². The first-order valence-corrected chi connectivity index (χ1v) is 5.36. The molecule has 2 rings (SSSR count). The standard InChI is InChI=1S/C12H16FNO2/c1-7(14)9-3-8-4-10(13)12(15-2)5-11(8)16-6-9/h4-5,7,9H,3,6,14H2,1-2H3. The molecule has 2 N–H and O–H groups in total. The molecule has 0 amide bonds. The number of halogens is 1. The summed E-state index contributed by atoms with van der Waals surface area (Å²) in [5.41, 5.74) is 6.69. The van der Waals surface area contributed by atoms with Gasteiger partial charge >= 0.3 is 0 Å². The smallest absolute Gasteiger partial charge is 0.165 e. The molecular formula is C12H16FNO2. The van der Waals surface area contributed by atoms with Gasteiger partial charge in [0.15, 0.2) is 11.6 Å². The molecule has 0 fully saturated rings. The topological polar surface area (TPSA) is 44.5 Å². The SMILES string of the molecule is COc1cc2c(cc1F)CC(C(C)N)CO2. The summed E-state index contributed by atoms with van der Waals surface area (Å²) < 4.78 is 24.0. The van der Waals surface area contributed by atoms with Crippen molar-refractivity contribution < 1.29 is 13.9 Å². The van der Waals surface area contributed by atoms with Crippen LogP contribution in [0, 0.1) is 11.7 Å². The fourth-order valence-corrected chi connectivity index (χ4v) is 1.90. The van der Waals surface area contributed by atoms with Crippen LogP contribution < -0.4 is 15.2 Å². The van der Waals surface area contributed by atoms with E-state index in [9.17, 15) is 4.39 Å². The normalized spacial score (nSPS) is 20.9. The summed E-state index contributed by atoms with van der Waals surface area (Å²) in [7, 11) is 1.44. The van der Waals surface area contributed by atoms with Gasteiger partial charge in [0.25, 0.3) is 0 Å². The van der Waals surface area contributed by atoms with E-state index in [4.69, 9.17) is 15.2 Å². The Bertz CT molecular complexity index is 393. The Hall–Kier alpha value is -1.29. The van der Waals surface area contributed by atoms with Gasteiger partial charge in [-0.2, -0.15) is 0 Å². The van der Waals surface area contributed by atoms with Gasteiger partial charge in [-0.05, 0) is 25.0 Å². The predicted molar refractivity (Wildman–Crippen MR) is 59.3 cm³/mol. The summed E-state index contributed by atoms with van der Waals surface area (Å²) >= 11 is 0. The molecule has 3 nitrogen and oxygen atoms in total. The molecule has 1 aromatic rings. The van der Waals surface area contributed by atoms with E-state index < -0.39 is 0 Å². The maximum Gasteiger partial charge on any atom is 0.165 e. The van der Waals surface area contributed by atoms with Crippen molar-refractivity contribution in [3.8, 4) is 11.5 Å². The average Bonchev–Trinajstić information content (AvgIpc) is 2.27. The number of methoxy groups -OCH3 is 1. The third kappa shape index (κ3) is 1.97. The monoisotopic (exact) mass is 225 g/mol. The lowest BCUT2D eigenvalue weighted by atomic mass is 9.91. The Morgan fingerprint density at radius 3 is 2.94 bits per heavy atom. The molecule has 88 valence electrons. The number of hydrogen-bond donors (Lipinski definition) is 1. The molecule has 0 bridgehead atoms. The van der Waals surface area contributed by atoms with Gasteiger partial charge in [0, 0.05) is 18.0 Å². The van der Waals surface area contributed by atoms with Crippen molar-refractivity contribution in [3.63, 3.8) is 0 Å². The molecule has 16 heavy (non-hydrogen) atoms. The predicted octanol–water partition coefficient (Wildman–Crippen LogP) is 1.73. The number of benzene rings is 1. The van der Waals surface area contributed by atoms with Crippen LogP contribution in [0.4, 0.5) is 4.39 Å². The van der Waals surface area contributed by atoms with Gasteiger partial charge in [0.05, 0.1) is 13.7 Å². The van der Waals surface area contributed by atoms with Crippen molar-refractivity contribution >= 4 is 0 Å². The van der Waals surface area contributed by atoms with Crippen LogP contribution >= 0.6 is 0 Å². The molecule has 0 saturated heterocycles. The van der Waals surface area contributed by atoms with Gasteiger partial charge in [-0.25, -0.2) is 4.39 Å². The van der Waals surface area contributed by atoms with Crippen LogP contribution in [0.15, 0.2) is 12.1 Å². The van der Waals surface area contributed by atoms with Crippen LogP contribution in [-0.2, 0) is 6.42 Å².